The third-order valence-corrected chi connectivity index (χ3v) is 13.0. The quantitative estimate of drug-likeness (QED) is 0.0261. The number of hydrogen-bond acceptors (Lipinski definition) is 6. The van der Waals surface area contributed by atoms with Crippen LogP contribution in [0.3, 0.4) is 0 Å². The van der Waals surface area contributed by atoms with E-state index in [1.807, 2.05) is 0 Å². The van der Waals surface area contributed by atoms with E-state index in [1.165, 1.54) is 109 Å². The largest absolute Gasteiger partial charge is 0.462 e. The molecule has 0 saturated heterocycles. The third-order valence-electron chi connectivity index (χ3n) is 13.0. The Bertz CT molecular complexity index is 1510. The van der Waals surface area contributed by atoms with E-state index in [0.717, 1.165) is 135 Å². The Morgan fingerprint density at radius 2 is 0.527 bits per heavy atom. The van der Waals surface area contributed by atoms with Crippen LogP contribution >= 0.6 is 0 Å². The molecular formula is C68H114O6. The van der Waals surface area contributed by atoms with Crippen molar-refractivity contribution in [3.8, 4) is 0 Å². The lowest BCUT2D eigenvalue weighted by molar-refractivity contribution is -0.167. The fourth-order valence-corrected chi connectivity index (χ4v) is 8.42. The standard InChI is InChI=1S/C68H114O6/c1-4-7-10-13-16-19-22-25-28-31-33-34-36-37-40-43-46-49-52-55-58-61-67(70)73-64-65(63-72-66(69)60-57-54-51-48-45-42-39-30-27-24-21-18-15-12-9-6-3)74-68(71)62-59-56-53-50-47-44-41-38-35-32-29-26-23-20-17-14-11-8-5-2/h7-8,10-11,16-17,19-20,25-26,28-30,33-35,38-39,65H,4-6,9,12-15,18,21-24,27,31-32,36-37,40-64H2,1-3H3/b10-7-,11-8-,19-16-,20-17-,28-25-,29-26-,34-33-,38-35-,39-30-. The molecule has 0 aliphatic rings. The van der Waals surface area contributed by atoms with Crippen LogP contribution in [-0.2, 0) is 28.6 Å². The summed E-state index contributed by atoms with van der Waals surface area (Å²) < 4.78 is 16.9. The molecular weight excluding hydrogens is 913 g/mol. The Morgan fingerprint density at radius 3 is 0.838 bits per heavy atom. The van der Waals surface area contributed by atoms with Gasteiger partial charge in [0.25, 0.3) is 0 Å². The normalized spacial score (nSPS) is 12.9. The fraction of sp³-hybridized carbons (Fsp3) is 0.691. The van der Waals surface area contributed by atoms with Crippen LogP contribution in [0.2, 0.25) is 0 Å². The summed E-state index contributed by atoms with van der Waals surface area (Å²) in [6.45, 7) is 6.40. The van der Waals surface area contributed by atoms with E-state index in [4.69, 9.17) is 14.2 Å². The number of esters is 3. The van der Waals surface area contributed by atoms with Crippen molar-refractivity contribution in [1.82, 2.24) is 0 Å². The molecule has 422 valence electrons. The summed E-state index contributed by atoms with van der Waals surface area (Å²) in [5, 5.41) is 0. The number of carbonyl (C=O) groups is 3. The van der Waals surface area contributed by atoms with E-state index in [0.29, 0.717) is 19.3 Å². The molecule has 0 bridgehead atoms. The molecule has 0 N–H and O–H groups in total. The molecule has 0 radical (unpaired) electrons. The number of allylic oxidation sites excluding steroid dienone is 18. The van der Waals surface area contributed by atoms with Gasteiger partial charge in [-0.25, -0.2) is 0 Å². The van der Waals surface area contributed by atoms with Crippen LogP contribution in [0, 0.1) is 0 Å². The number of unbranched alkanes of at least 4 members (excludes halogenated alkanes) is 26. The smallest absolute Gasteiger partial charge is 0.306 e. The predicted octanol–water partition coefficient (Wildman–Crippen LogP) is 21.0. The topological polar surface area (TPSA) is 78.9 Å². The summed E-state index contributed by atoms with van der Waals surface area (Å²) in [6.07, 6.45) is 83.6. The number of rotatable bonds is 55. The summed E-state index contributed by atoms with van der Waals surface area (Å²) in [5.74, 6) is -0.916. The third kappa shape index (κ3) is 59.0. The monoisotopic (exact) mass is 1030 g/mol. The molecule has 0 aromatic heterocycles. The minimum atomic E-state index is -0.796. The number of ether oxygens (including phenoxy) is 3. The molecule has 0 rings (SSSR count). The molecule has 0 fully saturated rings. The zero-order valence-corrected chi connectivity index (χ0v) is 48.3. The van der Waals surface area contributed by atoms with Gasteiger partial charge in [-0.2, -0.15) is 0 Å². The van der Waals surface area contributed by atoms with E-state index in [1.54, 1.807) is 0 Å². The highest BCUT2D eigenvalue weighted by molar-refractivity contribution is 5.71. The fourth-order valence-electron chi connectivity index (χ4n) is 8.42. The Kier molecular flexibility index (Phi) is 58.3. The first kappa shape index (κ1) is 70.1. The van der Waals surface area contributed by atoms with E-state index in [-0.39, 0.29) is 31.1 Å². The second-order valence-electron chi connectivity index (χ2n) is 20.2. The van der Waals surface area contributed by atoms with Crippen molar-refractivity contribution in [3.05, 3.63) is 109 Å². The SMILES string of the molecule is CC/C=C\C/C=C\C/C=C\C/C=C\CCCCCCCCCCC(=O)OCC(COC(=O)CCCCCCC/C=C\CCCCCCCCC)OC(=O)CCCCCCCC/C=C\C/C=C\C/C=C\C/C=C\CC. The molecule has 1 atom stereocenters. The Hall–Kier alpha value is -3.93. The first-order chi connectivity index (χ1) is 36.5. The van der Waals surface area contributed by atoms with Crippen LogP contribution in [0.15, 0.2) is 109 Å². The van der Waals surface area contributed by atoms with E-state index >= 15 is 0 Å². The lowest BCUT2D eigenvalue weighted by Gasteiger charge is -2.18. The maximum atomic E-state index is 12.9. The molecule has 1 unspecified atom stereocenters. The average Bonchev–Trinajstić information content (AvgIpc) is 3.40. The first-order valence-corrected chi connectivity index (χ1v) is 30.9. The highest BCUT2D eigenvalue weighted by Gasteiger charge is 2.19. The molecule has 0 aliphatic heterocycles. The van der Waals surface area contributed by atoms with Crippen LogP contribution in [0.1, 0.15) is 284 Å². The molecule has 0 amide bonds. The number of carbonyl (C=O) groups excluding carboxylic acids is 3. The zero-order chi connectivity index (χ0) is 53.6. The molecule has 0 heterocycles. The summed E-state index contributed by atoms with van der Waals surface area (Å²) in [5.41, 5.74) is 0. The summed E-state index contributed by atoms with van der Waals surface area (Å²) >= 11 is 0. The van der Waals surface area contributed by atoms with Crippen molar-refractivity contribution in [2.24, 2.45) is 0 Å². The summed E-state index contributed by atoms with van der Waals surface area (Å²) in [4.78, 5) is 38.3. The Morgan fingerprint density at radius 1 is 0.284 bits per heavy atom. The lowest BCUT2D eigenvalue weighted by atomic mass is 10.1. The van der Waals surface area contributed by atoms with Crippen molar-refractivity contribution in [2.45, 2.75) is 290 Å². The summed E-state index contributed by atoms with van der Waals surface area (Å²) in [6, 6.07) is 0. The zero-order valence-electron chi connectivity index (χ0n) is 48.3. The highest BCUT2D eigenvalue weighted by Crippen LogP contribution is 2.15. The van der Waals surface area contributed by atoms with Gasteiger partial charge in [0, 0.05) is 19.3 Å². The van der Waals surface area contributed by atoms with Gasteiger partial charge in [-0.1, -0.05) is 252 Å². The molecule has 6 nitrogen and oxygen atoms in total. The Labute approximate surface area is 457 Å². The van der Waals surface area contributed by atoms with Crippen molar-refractivity contribution in [2.75, 3.05) is 13.2 Å². The highest BCUT2D eigenvalue weighted by atomic mass is 16.6. The first-order valence-electron chi connectivity index (χ1n) is 30.9. The maximum absolute atomic E-state index is 12.9. The van der Waals surface area contributed by atoms with Gasteiger partial charge in [-0.3, -0.25) is 14.4 Å². The molecule has 0 aromatic carbocycles. The van der Waals surface area contributed by atoms with Crippen molar-refractivity contribution >= 4 is 17.9 Å². The van der Waals surface area contributed by atoms with Gasteiger partial charge in [0.15, 0.2) is 6.10 Å². The van der Waals surface area contributed by atoms with Crippen LogP contribution in [-0.4, -0.2) is 37.2 Å². The maximum Gasteiger partial charge on any atom is 0.306 e. The van der Waals surface area contributed by atoms with Crippen LogP contribution < -0.4 is 0 Å². The molecule has 0 saturated carbocycles. The van der Waals surface area contributed by atoms with Gasteiger partial charge in [-0.15, -0.1) is 0 Å². The lowest BCUT2D eigenvalue weighted by Crippen LogP contribution is -2.30. The van der Waals surface area contributed by atoms with Gasteiger partial charge >= 0.3 is 17.9 Å². The van der Waals surface area contributed by atoms with Gasteiger partial charge < -0.3 is 14.2 Å². The molecule has 74 heavy (non-hydrogen) atoms. The molecule has 0 aromatic rings. The predicted molar refractivity (Wildman–Crippen MR) is 320 cm³/mol. The second kappa shape index (κ2) is 61.6. The van der Waals surface area contributed by atoms with Gasteiger partial charge in [0.1, 0.15) is 13.2 Å². The minimum absolute atomic E-state index is 0.0915. The van der Waals surface area contributed by atoms with Gasteiger partial charge in [0.05, 0.1) is 0 Å². The molecule has 6 heteroatoms. The van der Waals surface area contributed by atoms with Crippen LogP contribution in [0.5, 0.6) is 0 Å². The van der Waals surface area contributed by atoms with E-state index in [9.17, 15) is 14.4 Å². The van der Waals surface area contributed by atoms with Gasteiger partial charge in [0.2, 0.25) is 0 Å². The molecule has 0 aliphatic carbocycles. The number of hydrogen-bond donors (Lipinski definition) is 0. The second-order valence-corrected chi connectivity index (χ2v) is 20.2. The van der Waals surface area contributed by atoms with Crippen molar-refractivity contribution in [3.63, 3.8) is 0 Å². The van der Waals surface area contributed by atoms with Crippen molar-refractivity contribution < 1.29 is 28.6 Å². The molecule has 0 spiro atoms. The van der Waals surface area contributed by atoms with Crippen LogP contribution in [0.4, 0.5) is 0 Å². The average molecular weight is 1030 g/mol. The van der Waals surface area contributed by atoms with E-state index in [2.05, 4.69) is 130 Å². The van der Waals surface area contributed by atoms with Crippen molar-refractivity contribution in [1.29, 1.82) is 0 Å². The minimum Gasteiger partial charge on any atom is -0.462 e. The Balaban J connectivity index is 4.44. The van der Waals surface area contributed by atoms with Gasteiger partial charge in [-0.05, 0) is 122 Å². The van der Waals surface area contributed by atoms with E-state index < -0.39 is 6.10 Å². The summed E-state index contributed by atoms with van der Waals surface area (Å²) in [7, 11) is 0. The van der Waals surface area contributed by atoms with Crippen LogP contribution in [0.25, 0.3) is 0 Å².